The number of carbonyl (C=O) groups excluding carboxylic acids is 2. The van der Waals surface area contributed by atoms with E-state index in [1.165, 1.54) is 0 Å². The van der Waals surface area contributed by atoms with Crippen LogP contribution in [0, 0.1) is 0 Å². The monoisotopic (exact) mass is 333 g/mol. The average molecular weight is 333 g/mol. The van der Waals surface area contributed by atoms with E-state index in [1.807, 2.05) is 29.2 Å². The molecule has 2 amide bonds. The van der Waals surface area contributed by atoms with Crippen LogP contribution in [0.5, 0.6) is 5.75 Å². The van der Waals surface area contributed by atoms with Gasteiger partial charge in [0.15, 0.2) is 0 Å². The highest BCUT2D eigenvalue weighted by Crippen LogP contribution is 2.11. The molecular weight excluding hydrogens is 306 g/mol. The number of nitrogens with zero attached hydrogens (tertiary/aromatic N) is 2. The molecule has 0 atom stereocenters. The molecule has 0 aromatic heterocycles. The molecular formula is C18H27N3O3. The molecule has 0 unspecified atom stereocenters. The van der Waals surface area contributed by atoms with E-state index in [4.69, 9.17) is 4.74 Å². The highest BCUT2D eigenvalue weighted by molar-refractivity contribution is 5.80. The average Bonchev–Trinajstić information content (AvgIpc) is 2.62. The van der Waals surface area contributed by atoms with Gasteiger partial charge < -0.3 is 19.9 Å². The molecule has 1 N–H and O–H groups in total. The molecule has 1 aromatic rings. The Bertz CT molecular complexity index is 537. The van der Waals surface area contributed by atoms with Crippen molar-refractivity contribution in [1.29, 1.82) is 0 Å². The Kier molecular flexibility index (Phi) is 7.06. The van der Waals surface area contributed by atoms with E-state index in [2.05, 4.69) is 17.1 Å². The second-order valence-electron chi connectivity index (χ2n) is 5.94. The number of hydrogen-bond acceptors (Lipinski definition) is 4. The lowest BCUT2D eigenvalue weighted by Gasteiger charge is -2.34. The smallest absolute Gasteiger partial charge is 0.224 e. The van der Waals surface area contributed by atoms with Gasteiger partial charge in [-0.2, -0.15) is 0 Å². The van der Waals surface area contributed by atoms with Crippen LogP contribution in [0.3, 0.4) is 0 Å². The second-order valence-corrected chi connectivity index (χ2v) is 5.94. The summed E-state index contributed by atoms with van der Waals surface area (Å²) in [4.78, 5) is 28.3. The first kappa shape index (κ1) is 18.3. The van der Waals surface area contributed by atoms with Crippen molar-refractivity contribution in [2.75, 3.05) is 46.4 Å². The molecule has 1 saturated heterocycles. The Morgan fingerprint density at radius 2 is 1.79 bits per heavy atom. The summed E-state index contributed by atoms with van der Waals surface area (Å²) in [6.45, 7) is 7.00. The van der Waals surface area contributed by atoms with Gasteiger partial charge in [-0.15, -0.1) is 0 Å². The molecule has 0 radical (unpaired) electrons. The summed E-state index contributed by atoms with van der Waals surface area (Å²) in [6, 6.07) is 7.41. The molecule has 0 spiro atoms. The Morgan fingerprint density at radius 3 is 2.38 bits per heavy atom. The summed E-state index contributed by atoms with van der Waals surface area (Å²) < 4.78 is 5.09. The summed E-state index contributed by atoms with van der Waals surface area (Å²) in [6.07, 6.45) is 0.674. The quantitative estimate of drug-likeness (QED) is 0.806. The maximum absolute atomic E-state index is 12.1. The van der Waals surface area contributed by atoms with Crippen molar-refractivity contribution >= 4 is 11.8 Å². The zero-order valence-corrected chi connectivity index (χ0v) is 14.6. The number of nitrogens with one attached hydrogen (secondary N) is 1. The third-order valence-corrected chi connectivity index (χ3v) is 4.36. The highest BCUT2D eigenvalue weighted by Gasteiger charge is 2.19. The summed E-state index contributed by atoms with van der Waals surface area (Å²) in [5.41, 5.74) is 0.926. The molecule has 1 aromatic carbocycles. The number of hydrogen-bond donors (Lipinski definition) is 1. The van der Waals surface area contributed by atoms with Gasteiger partial charge in [0.05, 0.1) is 13.5 Å². The highest BCUT2D eigenvalue weighted by atomic mass is 16.5. The second kappa shape index (κ2) is 9.27. The number of rotatable bonds is 7. The van der Waals surface area contributed by atoms with Crippen molar-refractivity contribution in [3.05, 3.63) is 29.8 Å². The van der Waals surface area contributed by atoms with Crippen LogP contribution >= 0.6 is 0 Å². The minimum atomic E-state index is -0.0660. The Balaban J connectivity index is 1.65. The third-order valence-electron chi connectivity index (χ3n) is 4.36. The van der Waals surface area contributed by atoms with Gasteiger partial charge in [0.25, 0.3) is 0 Å². The first-order valence-electron chi connectivity index (χ1n) is 8.52. The number of amides is 2. The fourth-order valence-electron chi connectivity index (χ4n) is 2.77. The predicted octanol–water partition coefficient (Wildman–Crippen LogP) is 0.908. The zero-order valence-electron chi connectivity index (χ0n) is 14.6. The SMILES string of the molecule is CCN1CCN(C(=O)CCNC(=O)Cc2ccc(OC)cc2)CC1. The maximum atomic E-state index is 12.1. The standard InChI is InChI=1S/C18H27N3O3/c1-3-20-10-12-21(13-11-20)18(23)8-9-19-17(22)14-15-4-6-16(24-2)7-5-15/h4-7H,3,8-14H2,1-2H3,(H,19,22). The molecule has 0 bridgehead atoms. The molecule has 132 valence electrons. The first-order valence-corrected chi connectivity index (χ1v) is 8.52. The summed E-state index contributed by atoms with van der Waals surface area (Å²) in [5, 5.41) is 2.82. The van der Waals surface area contributed by atoms with Crippen LogP contribution in [0.4, 0.5) is 0 Å². The molecule has 1 aliphatic rings. The van der Waals surface area contributed by atoms with Crippen LogP contribution in [-0.4, -0.2) is 68.0 Å². The normalized spacial score (nSPS) is 15.2. The van der Waals surface area contributed by atoms with Crippen LogP contribution in [0.25, 0.3) is 0 Å². The first-order chi connectivity index (χ1) is 11.6. The molecule has 0 aliphatic carbocycles. The van der Waals surface area contributed by atoms with Crippen molar-refractivity contribution in [2.24, 2.45) is 0 Å². The molecule has 6 heteroatoms. The Labute approximate surface area is 143 Å². The fourth-order valence-corrected chi connectivity index (χ4v) is 2.77. The number of ether oxygens (including phenoxy) is 1. The Hall–Kier alpha value is -2.08. The van der Waals surface area contributed by atoms with Gasteiger partial charge in [-0.3, -0.25) is 9.59 Å². The van der Waals surface area contributed by atoms with E-state index in [1.54, 1.807) is 7.11 Å². The summed E-state index contributed by atoms with van der Waals surface area (Å²) in [7, 11) is 1.61. The topological polar surface area (TPSA) is 61.9 Å². The van der Waals surface area contributed by atoms with Crippen LogP contribution in [0.15, 0.2) is 24.3 Å². The van der Waals surface area contributed by atoms with Gasteiger partial charge in [0, 0.05) is 39.1 Å². The maximum Gasteiger partial charge on any atom is 0.224 e. The van der Waals surface area contributed by atoms with E-state index in [0.29, 0.717) is 19.4 Å². The molecule has 0 saturated carbocycles. The number of piperazine rings is 1. The van der Waals surface area contributed by atoms with Crippen molar-refractivity contribution in [1.82, 2.24) is 15.1 Å². The van der Waals surface area contributed by atoms with Gasteiger partial charge in [-0.1, -0.05) is 19.1 Å². The molecule has 24 heavy (non-hydrogen) atoms. The van der Waals surface area contributed by atoms with Gasteiger partial charge in [0.1, 0.15) is 5.75 Å². The van der Waals surface area contributed by atoms with Crippen LogP contribution in [0.1, 0.15) is 18.9 Å². The lowest BCUT2D eigenvalue weighted by molar-refractivity contribution is -0.132. The van der Waals surface area contributed by atoms with Crippen LogP contribution in [0.2, 0.25) is 0 Å². The minimum Gasteiger partial charge on any atom is -0.497 e. The van der Waals surface area contributed by atoms with E-state index in [9.17, 15) is 9.59 Å². The van der Waals surface area contributed by atoms with Gasteiger partial charge >= 0.3 is 0 Å². The van der Waals surface area contributed by atoms with Gasteiger partial charge in [0.2, 0.25) is 11.8 Å². The third kappa shape index (κ3) is 5.53. The van der Waals surface area contributed by atoms with Crippen molar-refractivity contribution < 1.29 is 14.3 Å². The van der Waals surface area contributed by atoms with Gasteiger partial charge in [-0.05, 0) is 24.2 Å². The molecule has 6 nitrogen and oxygen atoms in total. The number of methoxy groups -OCH3 is 1. The van der Waals surface area contributed by atoms with Crippen molar-refractivity contribution in [3.63, 3.8) is 0 Å². The molecule has 2 rings (SSSR count). The number of benzene rings is 1. The zero-order chi connectivity index (χ0) is 17.4. The van der Waals surface area contributed by atoms with Gasteiger partial charge in [-0.25, -0.2) is 0 Å². The number of carbonyl (C=O) groups is 2. The van der Waals surface area contributed by atoms with E-state index < -0.39 is 0 Å². The minimum absolute atomic E-state index is 0.0660. The van der Waals surface area contributed by atoms with Crippen molar-refractivity contribution in [2.45, 2.75) is 19.8 Å². The molecule has 1 aliphatic heterocycles. The Morgan fingerprint density at radius 1 is 1.12 bits per heavy atom. The lowest BCUT2D eigenvalue weighted by Crippen LogP contribution is -2.49. The summed E-state index contributed by atoms with van der Waals surface area (Å²) in [5.74, 6) is 0.826. The summed E-state index contributed by atoms with van der Waals surface area (Å²) >= 11 is 0. The van der Waals surface area contributed by atoms with E-state index in [-0.39, 0.29) is 11.8 Å². The van der Waals surface area contributed by atoms with Crippen molar-refractivity contribution in [3.8, 4) is 5.75 Å². The molecule has 1 heterocycles. The largest absolute Gasteiger partial charge is 0.497 e. The fraction of sp³-hybridized carbons (Fsp3) is 0.556. The van der Waals surface area contributed by atoms with E-state index in [0.717, 1.165) is 44.0 Å². The van der Waals surface area contributed by atoms with Crippen LogP contribution < -0.4 is 10.1 Å². The van der Waals surface area contributed by atoms with Crippen LogP contribution in [-0.2, 0) is 16.0 Å². The number of likely N-dealkylation sites (N-methyl/N-ethyl adjacent to an activating group) is 1. The van der Waals surface area contributed by atoms with E-state index >= 15 is 0 Å². The predicted molar refractivity (Wildman–Crippen MR) is 93.0 cm³/mol. The molecule has 1 fully saturated rings. The lowest BCUT2D eigenvalue weighted by atomic mass is 10.1.